The first-order valence-electron chi connectivity index (χ1n) is 9.15. The van der Waals surface area contributed by atoms with Gasteiger partial charge in [-0.2, -0.15) is 0 Å². The summed E-state index contributed by atoms with van der Waals surface area (Å²) < 4.78 is 34.2. The number of carbonyl (C=O) groups excluding carboxylic acids is 1. The van der Waals surface area contributed by atoms with Gasteiger partial charge >= 0.3 is 0 Å². The summed E-state index contributed by atoms with van der Waals surface area (Å²) in [4.78, 5) is 23.0. The number of carbonyl (C=O) groups is 1. The average Bonchev–Trinajstić information content (AvgIpc) is 2.77. The second-order valence-corrected chi connectivity index (χ2v) is 7.10. The molecule has 1 aliphatic heterocycles. The number of phenolic OH excluding ortho intramolecular Hbond substituents is 1. The fourth-order valence-corrected chi connectivity index (χ4v) is 3.71. The second-order valence-electron chi connectivity index (χ2n) is 6.30. The summed E-state index contributed by atoms with van der Waals surface area (Å²) >= 11 is 3.08. The number of aldehydes is 1. The van der Waals surface area contributed by atoms with Crippen molar-refractivity contribution in [2.75, 3.05) is 0 Å². The van der Waals surface area contributed by atoms with Gasteiger partial charge in [0.05, 0.1) is 0 Å². The van der Waals surface area contributed by atoms with Crippen LogP contribution in [0.1, 0.15) is 29.8 Å². The highest BCUT2D eigenvalue weighted by Crippen LogP contribution is 2.45. The smallest absolute Gasteiger partial charge is 0.232 e. The number of phenols is 1. The number of halogens is 3. The van der Waals surface area contributed by atoms with Crippen molar-refractivity contribution in [1.29, 1.82) is 0 Å². The van der Waals surface area contributed by atoms with Crippen LogP contribution in [0.4, 0.5) is 8.78 Å². The maximum atomic E-state index is 14.3. The zero-order chi connectivity index (χ0) is 22.2. The maximum absolute atomic E-state index is 14.3. The predicted octanol–water partition coefficient (Wildman–Crippen LogP) is 6.46. The molecule has 0 atom stereocenters. The average molecular weight is 475 g/mol. The first kappa shape index (κ1) is 21.6. The van der Waals surface area contributed by atoms with Crippen molar-refractivity contribution in [2.45, 2.75) is 20.8 Å². The number of aryl methyl sites for hydroxylation is 1. The van der Waals surface area contributed by atoms with Crippen LogP contribution in [0.5, 0.6) is 5.75 Å². The molecule has 2 aromatic carbocycles. The van der Waals surface area contributed by atoms with Gasteiger partial charge in [0.2, 0.25) is 5.43 Å². The van der Waals surface area contributed by atoms with Gasteiger partial charge in [0.25, 0.3) is 0 Å². The van der Waals surface area contributed by atoms with E-state index in [0.717, 1.165) is 12.1 Å². The molecule has 154 valence electrons. The third-order valence-corrected chi connectivity index (χ3v) is 5.37. The lowest BCUT2D eigenvalue weighted by atomic mass is 9.92. The van der Waals surface area contributed by atoms with Crippen LogP contribution < -0.4 is 5.43 Å². The van der Waals surface area contributed by atoms with E-state index >= 15 is 0 Å². The normalized spacial score (nSPS) is 10.7. The van der Waals surface area contributed by atoms with Crippen LogP contribution in [-0.2, 0) is 0 Å². The van der Waals surface area contributed by atoms with Crippen molar-refractivity contribution in [3.63, 3.8) is 0 Å². The molecule has 7 heteroatoms. The molecule has 4 nitrogen and oxygen atoms in total. The minimum atomic E-state index is -0.990. The molecule has 2 aliphatic rings. The van der Waals surface area contributed by atoms with Crippen molar-refractivity contribution in [3.05, 3.63) is 73.9 Å². The minimum Gasteiger partial charge on any atom is -0.505 e. The standard InChI is InChI=1S/C21H11BrF2O4.C2H6/c1-9-18(26)14(23)6-12-16(11-4-2-10(8-25)3-5-11)13-7-15(24)19(27)17(22)21(13)28-20(9)12;1-2/h2-8,26H,1H3;1-2H3. The van der Waals surface area contributed by atoms with E-state index in [1.165, 1.54) is 6.92 Å². The zero-order valence-corrected chi connectivity index (χ0v) is 17.9. The van der Waals surface area contributed by atoms with Crippen LogP contribution in [0.25, 0.3) is 33.4 Å². The number of benzene rings is 3. The molecule has 0 aromatic heterocycles. The van der Waals surface area contributed by atoms with Gasteiger partial charge in [0.15, 0.2) is 23.1 Å². The Morgan fingerprint density at radius 3 is 2.30 bits per heavy atom. The van der Waals surface area contributed by atoms with Gasteiger partial charge in [-0.05, 0) is 40.5 Å². The van der Waals surface area contributed by atoms with Crippen LogP contribution in [0.15, 0.2) is 50.1 Å². The van der Waals surface area contributed by atoms with Crippen molar-refractivity contribution in [1.82, 2.24) is 0 Å². The summed E-state index contributed by atoms with van der Waals surface area (Å²) in [5.74, 6) is -2.35. The highest BCUT2D eigenvalue weighted by molar-refractivity contribution is 9.10. The summed E-state index contributed by atoms with van der Waals surface area (Å²) in [6.45, 7) is 5.48. The van der Waals surface area contributed by atoms with Gasteiger partial charge in [-0.1, -0.05) is 38.1 Å². The van der Waals surface area contributed by atoms with Gasteiger partial charge < -0.3 is 9.52 Å². The fourth-order valence-electron chi connectivity index (χ4n) is 3.22. The Hall–Kier alpha value is -3.06. The molecule has 1 aliphatic carbocycles. The first-order valence-corrected chi connectivity index (χ1v) is 9.95. The Morgan fingerprint density at radius 1 is 1.07 bits per heavy atom. The molecule has 0 saturated carbocycles. The van der Waals surface area contributed by atoms with Gasteiger partial charge in [0, 0.05) is 27.6 Å². The number of hydrogen-bond acceptors (Lipinski definition) is 4. The summed E-state index contributed by atoms with van der Waals surface area (Å²) in [6, 6.07) is 8.54. The molecule has 0 saturated heterocycles. The minimum absolute atomic E-state index is 0.0717. The topological polar surface area (TPSA) is 67.5 Å². The van der Waals surface area contributed by atoms with Crippen molar-refractivity contribution < 1.29 is 23.1 Å². The highest BCUT2D eigenvalue weighted by atomic mass is 79.9. The first-order chi connectivity index (χ1) is 14.3. The van der Waals surface area contributed by atoms with E-state index in [9.17, 15) is 23.5 Å². The lowest BCUT2D eigenvalue weighted by Crippen LogP contribution is -2.10. The van der Waals surface area contributed by atoms with Crippen LogP contribution >= 0.6 is 15.9 Å². The van der Waals surface area contributed by atoms with E-state index in [4.69, 9.17) is 4.42 Å². The Balaban J connectivity index is 0.00000124. The monoisotopic (exact) mass is 474 g/mol. The predicted molar refractivity (Wildman–Crippen MR) is 115 cm³/mol. The molecular weight excluding hydrogens is 458 g/mol. The number of hydrogen-bond donors (Lipinski definition) is 1. The van der Waals surface area contributed by atoms with Crippen molar-refractivity contribution >= 4 is 33.2 Å². The van der Waals surface area contributed by atoms with Crippen LogP contribution in [-0.4, -0.2) is 11.4 Å². The van der Waals surface area contributed by atoms with Crippen LogP contribution in [0.3, 0.4) is 0 Å². The Kier molecular flexibility index (Phi) is 6.03. The largest absolute Gasteiger partial charge is 0.505 e. The van der Waals surface area contributed by atoms with Gasteiger partial charge in [-0.15, -0.1) is 0 Å². The molecule has 2 aromatic rings. The third-order valence-electron chi connectivity index (χ3n) is 4.65. The Labute approximate surface area is 179 Å². The number of fused-ring (bicyclic) bond motifs is 2. The van der Waals surface area contributed by atoms with E-state index in [2.05, 4.69) is 15.9 Å². The fraction of sp³-hybridized carbons (Fsp3) is 0.130. The molecule has 0 bridgehead atoms. The summed E-state index contributed by atoms with van der Waals surface area (Å²) in [5, 5.41) is 10.3. The van der Waals surface area contributed by atoms with Gasteiger partial charge in [-0.25, -0.2) is 8.78 Å². The van der Waals surface area contributed by atoms with Crippen molar-refractivity contribution in [3.8, 4) is 28.2 Å². The van der Waals surface area contributed by atoms with Gasteiger partial charge in [-0.3, -0.25) is 9.59 Å². The van der Waals surface area contributed by atoms with E-state index in [1.54, 1.807) is 24.3 Å². The van der Waals surface area contributed by atoms with E-state index in [-0.39, 0.29) is 26.9 Å². The van der Waals surface area contributed by atoms with Gasteiger partial charge in [0.1, 0.15) is 16.3 Å². The molecule has 1 heterocycles. The maximum Gasteiger partial charge on any atom is 0.232 e. The van der Waals surface area contributed by atoms with E-state index in [0.29, 0.717) is 28.4 Å². The zero-order valence-electron chi connectivity index (χ0n) is 16.3. The number of rotatable bonds is 2. The molecule has 0 unspecified atom stereocenters. The number of aromatic hydroxyl groups is 1. The molecular formula is C23H17BrF2O4. The molecule has 1 N–H and O–H groups in total. The third kappa shape index (κ3) is 3.39. The van der Waals surface area contributed by atoms with Crippen LogP contribution in [0.2, 0.25) is 0 Å². The van der Waals surface area contributed by atoms with Crippen molar-refractivity contribution in [2.24, 2.45) is 0 Å². The molecule has 0 amide bonds. The summed E-state index contributed by atoms with van der Waals surface area (Å²) in [7, 11) is 0. The Bertz CT molecular complexity index is 1290. The SMILES string of the molecule is CC.Cc1c(O)c(F)cc2c(-c3ccc(C=O)cc3)c3cc(F)c(=O)c(Br)c-3oc12. The highest BCUT2D eigenvalue weighted by Gasteiger charge is 2.25. The summed E-state index contributed by atoms with van der Waals surface area (Å²) in [5.41, 5.74) is 1.09. The van der Waals surface area contributed by atoms with Crippen LogP contribution in [0, 0.1) is 18.6 Å². The summed E-state index contributed by atoms with van der Waals surface area (Å²) in [6.07, 6.45) is 0.683. The lowest BCUT2D eigenvalue weighted by Gasteiger charge is -2.18. The molecule has 0 spiro atoms. The molecule has 4 rings (SSSR count). The second kappa shape index (κ2) is 8.36. The lowest BCUT2D eigenvalue weighted by molar-refractivity contribution is 0.112. The van der Waals surface area contributed by atoms with E-state index < -0.39 is 22.8 Å². The quantitative estimate of drug-likeness (QED) is 0.267. The molecule has 30 heavy (non-hydrogen) atoms. The van der Waals surface area contributed by atoms with E-state index in [1.807, 2.05) is 13.8 Å². The Morgan fingerprint density at radius 2 is 1.70 bits per heavy atom. The molecule has 0 fully saturated rings. The molecule has 0 radical (unpaired) electrons.